The van der Waals surface area contributed by atoms with E-state index in [4.69, 9.17) is 4.74 Å². The third-order valence-corrected chi connectivity index (χ3v) is 3.79. The molecule has 2 N–H and O–H groups in total. The van der Waals surface area contributed by atoms with E-state index in [1.165, 1.54) is 10.9 Å². The Balaban J connectivity index is 1.60. The van der Waals surface area contributed by atoms with Crippen molar-refractivity contribution in [3.63, 3.8) is 0 Å². The van der Waals surface area contributed by atoms with Gasteiger partial charge >= 0.3 is 0 Å². The predicted octanol–water partition coefficient (Wildman–Crippen LogP) is 1.26. The molecule has 0 atom stereocenters. The number of amides is 2. The molecule has 1 heterocycles. The first-order valence-corrected chi connectivity index (χ1v) is 8.34. The number of ether oxygens (including phenoxy) is 1. The van der Waals surface area contributed by atoms with E-state index >= 15 is 0 Å². The Labute approximate surface area is 154 Å². The summed E-state index contributed by atoms with van der Waals surface area (Å²) in [7, 11) is 0. The number of hydrazine groups is 1. The topological polar surface area (TPSA) is 102 Å². The highest BCUT2D eigenvalue weighted by Gasteiger charge is 2.10. The van der Waals surface area contributed by atoms with Gasteiger partial charge in [-0.15, -0.1) is 0 Å². The van der Waals surface area contributed by atoms with Crippen LogP contribution in [0.3, 0.4) is 0 Å². The van der Waals surface area contributed by atoms with E-state index in [1.54, 1.807) is 48.5 Å². The molecular weight excluding hydrogens is 348 g/mol. The van der Waals surface area contributed by atoms with Crippen LogP contribution in [0.1, 0.15) is 17.3 Å². The average Bonchev–Trinajstić information content (AvgIpc) is 2.69. The molecule has 1 aromatic heterocycles. The van der Waals surface area contributed by atoms with Gasteiger partial charge in [-0.3, -0.25) is 29.8 Å². The molecule has 0 unspecified atom stereocenters. The monoisotopic (exact) mass is 366 g/mol. The maximum absolute atomic E-state index is 12.4. The van der Waals surface area contributed by atoms with Crippen LogP contribution >= 0.6 is 0 Å². The zero-order chi connectivity index (χ0) is 19.2. The second-order valence-corrected chi connectivity index (χ2v) is 5.65. The molecule has 8 nitrogen and oxygen atoms in total. The predicted molar refractivity (Wildman–Crippen MR) is 99.2 cm³/mol. The van der Waals surface area contributed by atoms with Crippen LogP contribution in [0.4, 0.5) is 0 Å². The van der Waals surface area contributed by atoms with Crippen LogP contribution in [0.15, 0.2) is 59.7 Å². The van der Waals surface area contributed by atoms with E-state index < -0.39 is 11.8 Å². The second kappa shape index (κ2) is 8.13. The lowest BCUT2D eigenvalue weighted by atomic mass is 10.2. The van der Waals surface area contributed by atoms with Crippen molar-refractivity contribution in [2.24, 2.45) is 0 Å². The van der Waals surface area contributed by atoms with Crippen LogP contribution in [0.25, 0.3) is 10.9 Å². The zero-order valence-corrected chi connectivity index (χ0v) is 14.6. The lowest BCUT2D eigenvalue weighted by molar-refractivity contribution is -0.122. The number of rotatable bonds is 5. The van der Waals surface area contributed by atoms with E-state index in [-0.39, 0.29) is 12.1 Å². The molecule has 0 aliphatic rings. The van der Waals surface area contributed by atoms with E-state index in [1.807, 2.05) is 6.92 Å². The van der Waals surface area contributed by atoms with E-state index in [0.717, 1.165) is 0 Å². The summed E-state index contributed by atoms with van der Waals surface area (Å²) >= 11 is 0. The lowest BCUT2D eigenvalue weighted by Crippen LogP contribution is -2.44. The van der Waals surface area contributed by atoms with Crippen LogP contribution in [0, 0.1) is 0 Å². The highest BCUT2D eigenvalue weighted by atomic mass is 16.5. The molecule has 0 aliphatic carbocycles. The van der Waals surface area contributed by atoms with Gasteiger partial charge in [0.2, 0.25) is 0 Å². The van der Waals surface area contributed by atoms with Crippen LogP contribution in [0.5, 0.6) is 5.75 Å². The SMILES string of the molecule is CCOc1ccc(C(=O)NNC(=O)Cn2cnc3ccccc3c2=O)cc1. The standard InChI is InChI=1S/C19H18N4O4/c1-2-27-14-9-7-13(8-10-14)18(25)22-21-17(24)11-23-12-20-16-6-4-3-5-15(16)19(23)26/h3-10,12H,2,11H2,1H3,(H,21,24)(H,22,25). The number of hydrogen-bond acceptors (Lipinski definition) is 5. The Morgan fingerprint density at radius 3 is 2.56 bits per heavy atom. The van der Waals surface area contributed by atoms with Crippen molar-refractivity contribution >= 4 is 22.7 Å². The summed E-state index contributed by atoms with van der Waals surface area (Å²) in [6.45, 7) is 2.14. The van der Waals surface area contributed by atoms with Crippen LogP contribution < -0.4 is 21.1 Å². The molecule has 2 amide bonds. The van der Waals surface area contributed by atoms with Gasteiger partial charge in [-0.1, -0.05) is 12.1 Å². The largest absolute Gasteiger partial charge is 0.494 e. The number of aromatic nitrogens is 2. The average molecular weight is 366 g/mol. The van der Waals surface area contributed by atoms with Crippen molar-refractivity contribution in [1.29, 1.82) is 0 Å². The fourth-order valence-electron chi connectivity index (χ4n) is 2.48. The highest BCUT2D eigenvalue weighted by Crippen LogP contribution is 2.11. The van der Waals surface area contributed by atoms with Crippen molar-refractivity contribution in [1.82, 2.24) is 20.4 Å². The molecule has 3 aromatic rings. The van der Waals surface area contributed by atoms with Gasteiger partial charge in [0.15, 0.2) is 0 Å². The molecule has 0 bridgehead atoms. The number of hydrogen-bond donors (Lipinski definition) is 2. The van der Waals surface area contributed by atoms with Crippen LogP contribution in [0.2, 0.25) is 0 Å². The molecule has 0 spiro atoms. The zero-order valence-electron chi connectivity index (χ0n) is 14.6. The Morgan fingerprint density at radius 2 is 1.81 bits per heavy atom. The minimum Gasteiger partial charge on any atom is -0.494 e. The normalized spacial score (nSPS) is 10.4. The molecular formula is C19H18N4O4. The van der Waals surface area contributed by atoms with Crippen molar-refractivity contribution in [3.05, 3.63) is 70.8 Å². The first kappa shape index (κ1) is 18.1. The van der Waals surface area contributed by atoms with Gasteiger partial charge in [-0.25, -0.2) is 4.98 Å². The summed E-state index contributed by atoms with van der Waals surface area (Å²) in [5.74, 6) is -0.370. The maximum Gasteiger partial charge on any atom is 0.269 e. The molecule has 0 saturated carbocycles. The molecule has 0 fully saturated rings. The second-order valence-electron chi connectivity index (χ2n) is 5.65. The molecule has 138 valence electrons. The summed E-state index contributed by atoms with van der Waals surface area (Å²) < 4.78 is 6.49. The summed E-state index contributed by atoms with van der Waals surface area (Å²) in [6.07, 6.45) is 1.30. The molecule has 0 saturated heterocycles. The summed E-state index contributed by atoms with van der Waals surface area (Å²) in [5.41, 5.74) is 5.20. The van der Waals surface area contributed by atoms with Gasteiger partial charge in [-0.2, -0.15) is 0 Å². The summed E-state index contributed by atoms with van der Waals surface area (Å²) in [4.78, 5) is 40.6. The Bertz CT molecular complexity index is 1030. The Kier molecular flexibility index (Phi) is 5.46. The number of nitrogens with zero attached hydrogens (tertiary/aromatic N) is 2. The number of fused-ring (bicyclic) bond motifs is 1. The van der Waals surface area contributed by atoms with Gasteiger partial charge < -0.3 is 4.74 Å². The number of nitrogens with one attached hydrogen (secondary N) is 2. The molecule has 8 heteroatoms. The first-order valence-electron chi connectivity index (χ1n) is 8.34. The third kappa shape index (κ3) is 4.30. The fourth-order valence-corrected chi connectivity index (χ4v) is 2.48. The van der Waals surface area contributed by atoms with E-state index in [2.05, 4.69) is 15.8 Å². The van der Waals surface area contributed by atoms with Crippen LogP contribution in [-0.4, -0.2) is 28.0 Å². The number of para-hydroxylation sites is 1. The summed E-state index contributed by atoms with van der Waals surface area (Å²) in [5, 5.41) is 0.422. The molecule has 0 radical (unpaired) electrons. The molecule has 2 aromatic carbocycles. The van der Waals surface area contributed by atoms with Gasteiger partial charge in [0.25, 0.3) is 17.4 Å². The van der Waals surface area contributed by atoms with Crippen molar-refractivity contribution in [2.45, 2.75) is 13.5 Å². The Hall–Kier alpha value is -3.68. The fraction of sp³-hybridized carbons (Fsp3) is 0.158. The first-order chi connectivity index (χ1) is 13.1. The van der Waals surface area contributed by atoms with Crippen molar-refractivity contribution < 1.29 is 14.3 Å². The summed E-state index contributed by atoms with van der Waals surface area (Å²) in [6, 6.07) is 13.4. The van der Waals surface area contributed by atoms with Gasteiger partial charge in [-0.05, 0) is 43.3 Å². The third-order valence-electron chi connectivity index (χ3n) is 3.79. The maximum atomic E-state index is 12.4. The minimum absolute atomic E-state index is 0.264. The van der Waals surface area contributed by atoms with Gasteiger partial charge in [0.05, 0.1) is 23.8 Å². The smallest absolute Gasteiger partial charge is 0.269 e. The van der Waals surface area contributed by atoms with E-state index in [0.29, 0.717) is 28.8 Å². The number of carbonyl (C=O) groups excluding carboxylic acids is 2. The van der Waals surface area contributed by atoms with Crippen molar-refractivity contribution in [3.8, 4) is 5.75 Å². The minimum atomic E-state index is -0.548. The van der Waals surface area contributed by atoms with Gasteiger partial charge in [0, 0.05) is 5.56 Å². The van der Waals surface area contributed by atoms with Gasteiger partial charge in [0.1, 0.15) is 12.3 Å². The molecule has 0 aliphatic heterocycles. The highest BCUT2D eigenvalue weighted by molar-refractivity contribution is 5.95. The quantitative estimate of drug-likeness (QED) is 0.662. The van der Waals surface area contributed by atoms with E-state index in [9.17, 15) is 14.4 Å². The molecule has 3 rings (SSSR count). The van der Waals surface area contributed by atoms with Crippen LogP contribution in [-0.2, 0) is 11.3 Å². The number of carbonyl (C=O) groups is 2. The molecule has 27 heavy (non-hydrogen) atoms. The number of benzene rings is 2. The van der Waals surface area contributed by atoms with Crippen molar-refractivity contribution in [2.75, 3.05) is 6.61 Å². The Morgan fingerprint density at radius 1 is 1.07 bits per heavy atom. The lowest BCUT2D eigenvalue weighted by Gasteiger charge is -2.09.